The number of nitrogens with zero attached hydrogens (tertiary/aromatic N) is 2. The zero-order valence-electron chi connectivity index (χ0n) is 31.8. The van der Waals surface area contributed by atoms with Crippen LogP contribution in [0.2, 0.25) is 0 Å². The number of phenols is 1. The van der Waals surface area contributed by atoms with Crippen LogP contribution in [0.3, 0.4) is 0 Å². The number of aromatic hydroxyl groups is 1. The average Bonchev–Trinajstić information content (AvgIpc) is 3.20. The van der Waals surface area contributed by atoms with Crippen molar-refractivity contribution in [2.24, 2.45) is 5.92 Å². The number of hydrogen-bond acceptors (Lipinski definition) is 9. The Morgan fingerprint density at radius 1 is 0.964 bits per heavy atom. The van der Waals surface area contributed by atoms with Crippen molar-refractivity contribution in [2.45, 2.75) is 75.9 Å². The average molecular weight is 751 g/mol. The van der Waals surface area contributed by atoms with Gasteiger partial charge in [-0.1, -0.05) is 48.5 Å². The number of likely N-dealkylation sites (tertiary alicyclic amines) is 1. The highest BCUT2D eigenvalue weighted by atomic mass is 16.5. The van der Waals surface area contributed by atoms with Crippen molar-refractivity contribution in [3.05, 3.63) is 105 Å². The van der Waals surface area contributed by atoms with Crippen molar-refractivity contribution in [1.82, 2.24) is 20.1 Å². The molecule has 1 aromatic heterocycles. The second-order valence-corrected chi connectivity index (χ2v) is 15.6. The van der Waals surface area contributed by atoms with E-state index in [0.717, 1.165) is 80.7 Å². The molecule has 292 valence electrons. The number of H-pyrrole nitrogens is 1. The highest BCUT2D eigenvalue weighted by Gasteiger charge is 2.47. The summed E-state index contributed by atoms with van der Waals surface area (Å²) in [6, 6.07) is 22.1. The fraction of sp³-hybridized carbons (Fsp3) is 0.477. The fourth-order valence-electron chi connectivity index (χ4n) is 8.68. The van der Waals surface area contributed by atoms with E-state index in [2.05, 4.69) is 15.2 Å². The van der Waals surface area contributed by atoms with Crippen molar-refractivity contribution in [2.75, 3.05) is 52.4 Å². The molecular weight excluding hydrogens is 697 g/mol. The first-order valence-electron chi connectivity index (χ1n) is 19.9. The van der Waals surface area contributed by atoms with Crippen LogP contribution in [0.25, 0.3) is 10.9 Å². The maximum Gasteiger partial charge on any atom is 0.317 e. The number of aliphatic hydroxyl groups excluding tert-OH is 1. The Labute approximate surface area is 322 Å². The van der Waals surface area contributed by atoms with E-state index in [4.69, 9.17) is 9.47 Å². The van der Waals surface area contributed by atoms with E-state index in [1.807, 2.05) is 60.4 Å². The number of ether oxygens (including phenoxy) is 2. The molecular formula is C44H54N4O7. The topological polar surface area (TPSA) is 144 Å². The van der Waals surface area contributed by atoms with Gasteiger partial charge in [0.05, 0.1) is 30.1 Å². The first kappa shape index (κ1) is 38.6. The lowest BCUT2D eigenvalue weighted by Crippen LogP contribution is -2.55. The van der Waals surface area contributed by atoms with Crippen LogP contribution in [0.5, 0.6) is 11.5 Å². The maximum atomic E-state index is 14.0. The van der Waals surface area contributed by atoms with E-state index in [0.29, 0.717) is 67.9 Å². The minimum atomic E-state index is -0.784. The molecule has 0 radical (unpaired) electrons. The fourth-order valence-corrected chi connectivity index (χ4v) is 8.68. The smallest absolute Gasteiger partial charge is 0.317 e. The Balaban J connectivity index is 0.831. The van der Waals surface area contributed by atoms with Gasteiger partial charge in [-0.25, -0.2) is 0 Å². The third-order valence-corrected chi connectivity index (χ3v) is 12.0. The number of unbranched alkanes of at least 4 members (excludes halogenated alkanes) is 2. The first-order valence-corrected chi connectivity index (χ1v) is 19.9. The van der Waals surface area contributed by atoms with Gasteiger partial charge in [-0.15, -0.1) is 0 Å². The highest BCUT2D eigenvalue weighted by Crippen LogP contribution is 2.39. The van der Waals surface area contributed by atoms with Crippen molar-refractivity contribution >= 4 is 22.8 Å². The lowest BCUT2D eigenvalue weighted by atomic mass is 9.72. The number of rotatable bonds is 15. The van der Waals surface area contributed by atoms with Crippen LogP contribution in [0.1, 0.15) is 73.3 Å². The molecule has 4 aliphatic heterocycles. The minimum absolute atomic E-state index is 0.0277. The van der Waals surface area contributed by atoms with E-state index in [1.165, 1.54) is 12.1 Å². The van der Waals surface area contributed by atoms with Crippen LogP contribution in [-0.4, -0.2) is 95.4 Å². The number of aliphatic hydroxyl groups is 1. The number of aromatic amines is 1. The summed E-state index contributed by atoms with van der Waals surface area (Å²) >= 11 is 0. The summed E-state index contributed by atoms with van der Waals surface area (Å²) in [7, 11) is 0. The van der Waals surface area contributed by atoms with E-state index < -0.39 is 11.5 Å². The standard InChI is InChI=1S/C44H54N4O7/c1-30-26-31(10-14-38(30)54-25-7-3-6-20-45-28-37(50)34-11-13-36(49)42-35(34)12-15-40(51)46-42)27-41(52)48-23-18-44(19-24-48,33-8-4-2-5-9-33)43(53)55-39-29-47-21-16-32(39)17-22-47/h2,4-5,8-15,26,32,37,39,45,49-50H,3,6-7,16-25,27-29H2,1H3,(H,46,51)/t37?,39-/m0/s1. The van der Waals surface area contributed by atoms with Gasteiger partial charge in [0, 0.05) is 37.6 Å². The molecule has 55 heavy (non-hydrogen) atoms. The Morgan fingerprint density at radius 2 is 1.75 bits per heavy atom. The van der Waals surface area contributed by atoms with Crippen molar-refractivity contribution < 1.29 is 29.3 Å². The number of aromatic nitrogens is 1. The Kier molecular flexibility index (Phi) is 12.2. The van der Waals surface area contributed by atoms with E-state index in [-0.39, 0.29) is 29.3 Å². The number of nitrogens with one attached hydrogen (secondary N) is 2. The van der Waals surface area contributed by atoms with Gasteiger partial charge in [-0.3, -0.25) is 19.3 Å². The summed E-state index contributed by atoms with van der Waals surface area (Å²) in [6.45, 7) is 7.72. The molecule has 5 heterocycles. The molecule has 1 unspecified atom stereocenters. The monoisotopic (exact) mass is 750 g/mol. The van der Waals surface area contributed by atoms with E-state index in [1.54, 1.807) is 12.1 Å². The number of aryl methyl sites for hydroxylation is 1. The zero-order chi connectivity index (χ0) is 38.4. The molecule has 0 aliphatic carbocycles. The molecule has 4 aromatic rings. The number of hydrogen-bond donors (Lipinski definition) is 4. The number of phenolic OH excluding ortho intramolecular Hbond substituents is 1. The highest BCUT2D eigenvalue weighted by molar-refractivity contribution is 5.87. The molecule has 8 rings (SSSR count). The normalized spacial score (nSPS) is 21.0. The second-order valence-electron chi connectivity index (χ2n) is 15.6. The predicted molar refractivity (Wildman–Crippen MR) is 211 cm³/mol. The number of fused-ring (bicyclic) bond motifs is 4. The van der Waals surface area contributed by atoms with Crippen LogP contribution in [0.15, 0.2) is 77.6 Å². The molecule has 0 spiro atoms. The summed E-state index contributed by atoms with van der Waals surface area (Å²) in [4.78, 5) is 46.1. The molecule has 11 nitrogen and oxygen atoms in total. The van der Waals surface area contributed by atoms with Gasteiger partial charge in [-0.05, 0) is 118 Å². The molecule has 1 amide bonds. The number of benzene rings is 3. The summed E-state index contributed by atoms with van der Waals surface area (Å²) in [5.41, 5.74) is 2.83. The van der Waals surface area contributed by atoms with Crippen LogP contribution >= 0.6 is 0 Å². The first-order chi connectivity index (χ1) is 26.7. The molecule has 4 fully saturated rings. The maximum absolute atomic E-state index is 14.0. The molecule has 11 heteroatoms. The summed E-state index contributed by atoms with van der Waals surface area (Å²) in [6.07, 6.45) is 5.51. The predicted octanol–water partition coefficient (Wildman–Crippen LogP) is 5.15. The lowest BCUT2D eigenvalue weighted by Gasteiger charge is -2.46. The Bertz CT molecular complexity index is 2000. The molecule has 3 aromatic carbocycles. The molecule has 2 atom stereocenters. The number of carbonyl (C=O) groups excluding carboxylic acids is 2. The third-order valence-electron chi connectivity index (χ3n) is 12.0. The molecule has 4 N–H and O–H groups in total. The van der Waals surface area contributed by atoms with Gasteiger partial charge in [0.1, 0.15) is 17.6 Å². The number of piperidine rings is 4. The number of esters is 1. The van der Waals surface area contributed by atoms with Crippen LogP contribution in [0, 0.1) is 12.8 Å². The molecule has 4 saturated heterocycles. The van der Waals surface area contributed by atoms with E-state index in [9.17, 15) is 24.6 Å². The van der Waals surface area contributed by atoms with E-state index >= 15 is 0 Å². The van der Waals surface area contributed by atoms with Crippen molar-refractivity contribution in [3.8, 4) is 11.5 Å². The van der Waals surface area contributed by atoms with Gasteiger partial charge in [0.25, 0.3) is 0 Å². The largest absolute Gasteiger partial charge is 0.506 e. The number of carbonyl (C=O) groups is 2. The summed E-state index contributed by atoms with van der Waals surface area (Å²) in [5, 5.41) is 24.8. The van der Waals surface area contributed by atoms with Gasteiger partial charge in [-0.2, -0.15) is 0 Å². The van der Waals surface area contributed by atoms with Gasteiger partial charge in [0.2, 0.25) is 11.5 Å². The molecule has 2 bridgehead atoms. The summed E-state index contributed by atoms with van der Waals surface area (Å²) < 4.78 is 12.4. The molecule has 4 aliphatic rings. The Hall–Kier alpha value is -4.71. The molecule has 0 saturated carbocycles. The van der Waals surface area contributed by atoms with Crippen molar-refractivity contribution in [1.29, 1.82) is 0 Å². The summed E-state index contributed by atoms with van der Waals surface area (Å²) in [5.74, 6) is 1.16. The van der Waals surface area contributed by atoms with Crippen LogP contribution in [0.4, 0.5) is 0 Å². The lowest BCUT2D eigenvalue weighted by molar-refractivity contribution is -0.168. The Morgan fingerprint density at radius 3 is 2.47 bits per heavy atom. The SMILES string of the molecule is Cc1cc(CC(=O)N2CCC(C(=O)O[C@H]3CN4CCC3CC4)(c3ccccc3)CC2)ccc1OCCCCCNCC(O)c1ccc(O)c2[nH]c(=O)ccc12. The second kappa shape index (κ2) is 17.4. The quantitative estimate of drug-likeness (QED) is 0.0958. The van der Waals surface area contributed by atoms with Crippen molar-refractivity contribution in [3.63, 3.8) is 0 Å². The third kappa shape index (κ3) is 8.90. The minimum Gasteiger partial charge on any atom is -0.506 e. The van der Waals surface area contributed by atoms with Crippen LogP contribution in [-0.2, 0) is 26.2 Å². The number of pyridine rings is 1. The van der Waals surface area contributed by atoms with Gasteiger partial charge < -0.3 is 34.9 Å². The van der Waals surface area contributed by atoms with Gasteiger partial charge in [0.15, 0.2) is 0 Å². The van der Waals surface area contributed by atoms with Gasteiger partial charge >= 0.3 is 5.97 Å². The number of amides is 1. The van der Waals surface area contributed by atoms with Crippen LogP contribution < -0.4 is 15.6 Å². The zero-order valence-corrected chi connectivity index (χ0v) is 31.8.